The van der Waals surface area contributed by atoms with Gasteiger partial charge < -0.3 is 16.5 Å². The first kappa shape index (κ1) is 7.47. The van der Waals surface area contributed by atoms with Gasteiger partial charge in [-0.25, -0.2) is 4.98 Å². The van der Waals surface area contributed by atoms with Gasteiger partial charge in [-0.1, -0.05) is 0 Å². The third-order valence-corrected chi connectivity index (χ3v) is 1.49. The minimum atomic E-state index is -0.354. The monoisotopic (exact) mass is 178 g/mol. The van der Waals surface area contributed by atoms with Crippen molar-refractivity contribution < 1.29 is 0 Å². The Morgan fingerprint density at radius 2 is 2.08 bits per heavy atom. The number of nitrogens with zero attached hydrogens (tertiary/aromatic N) is 3. The van der Waals surface area contributed by atoms with Crippen molar-refractivity contribution in [3.63, 3.8) is 0 Å². The van der Waals surface area contributed by atoms with Crippen LogP contribution in [0.1, 0.15) is 0 Å². The van der Waals surface area contributed by atoms with Crippen LogP contribution in [0.3, 0.4) is 0 Å². The molecule has 0 fully saturated rings. The van der Waals surface area contributed by atoms with E-state index in [1.807, 2.05) is 0 Å². The molecule has 5 N–H and O–H groups in total. The lowest BCUT2D eigenvalue weighted by atomic mass is 10.5. The van der Waals surface area contributed by atoms with Crippen LogP contribution in [0.25, 0.3) is 11.2 Å². The van der Waals surface area contributed by atoms with Crippen molar-refractivity contribution >= 4 is 22.9 Å². The lowest BCUT2D eigenvalue weighted by molar-refractivity contribution is 1.14. The van der Waals surface area contributed by atoms with Crippen LogP contribution in [0.5, 0.6) is 0 Å². The number of fused-ring (bicyclic) bond motifs is 1. The molecule has 2 aromatic heterocycles. The SMILES string of the molecule is Nc1nc(N)c2[nH]c(=O)cnc2n1. The topological polar surface area (TPSA) is 124 Å². The number of nitrogens with one attached hydrogen (secondary N) is 1. The third-order valence-electron chi connectivity index (χ3n) is 1.49. The van der Waals surface area contributed by atoms with Gasteiger partial charge in [0.15, 0.2) is 11.5 Å². The minimum absolute atomic E-state index is 0.0320. The molecule has 0 saturated heterocycles. The second-order valence-electron chi connectivity index (χ2n) is 2.41. The number of rotatable bonds is 0. The van der Waals surface area contributed by atoms with Crippen LogP contribution >= 0.6 is 0 Å². The second kappa shape index (κ2) is 2.41. The Morgan fingerprint density at radius 3 is 2.85 bits per heavy atom. The highest BCUT2D eigenvalue weighted by atomic mass is 16.1. The third kappa shape index (κ3) is 1.15. The first-order valence-corrected chi connectivity index (χ1v) is 3.45. The zero-order valence-corrected chi connectivity index (χ0v) is 6.48. The molecule has 7 heteroatoms. The summed E-state index contributed by atoms with van der Waals surface area (Å²) in [5, 5.41) is 0. The molecule has 13 heavy (non-hydrogen) atoms. The number of aromatic nitrogens is 4. The molecule has 0 spiro atoms. The number of nitrogen functional groups attached to an aromatic ring is 2. The molecule has 0 aliphatic carbocycles. The van der Waals surface area contributed by atoms with E-state index in [9.17, 15) is 4.79 Å². The van der Waals surface area contributed by atoms with Gasteiger partial charge in [-0.15, -0.1) is 0 Å². The molecular formula is C6H6N6O. The van der Waals surface area contributed by atoms with Crippen LogP contribution in [-0.2, 0) is 0 Å². The van der Waals surface area contributed by atoms with E-state index in [1.54, 1.807) is 0 Å². The minimum Gasteiger partial charge on any atom is -0.382 e. The van der Waals surface area contributed by atoms with E-state index in [4.69, 9.17) is 11.5 Å². The van der Waals surface area contributed by atoms with Crippen LogP contribution < -0.4 is 17.0 Å². The van der Waals surface area contributed by atoms with Gasteiger partial charge in [0.05, 0.1) is 6.20 Å². The number of anilines is 2. The summed E-state index contributed by atoms with van der Waals surface area (Å²) >= 11 is 0. The number of hydrogen-bond donors (Lipinski definition) is 3. The summed E-state index contributed by atoms with van der Waals surface area (Å²) in [7, 11) is 0. The molecule has 0 aliphatic heterocycles. The van der Waals surface area contributed by atoms with E-state index in [1.165, 1.54) is 0 Å². The standard InChI is InChI=1S/C6H6N6O/c7-4-3-5(12-6(8)11-4)9-1-2(13)10-3/h1H,(H,10,13)(H4,7,8,9,11,12). The molecule has 2 aromatic rings. The molecule has 0 radical (unpaired) electrons. The van der Waals surface area contributed by atoms with Gasteiger partial charge in [0, 0.05) is 0 Å². The van der Waals surface area contributed by atoms with E-state index in [0.29, 0.717) is 5.52 Å². The quantitative estimate of drug-likeness (QED) is 0.469. The zero-order chi connectivity index (χ0) is 9.42. The maximum Gasteiger partial charge on any atom is 0.267 e. The summed E-state index contributed by atoms with van der Waals surface area (Å²) in [6, 6.07) is 0. The molecule has 0 aromatic carbocycles. The molecule has 0 bridgehead atoms. The molecule has 0 atom stereocenters. The Kier molecular flexibility index (Phi) is 1.38. The Hall–Kier alpha value is -2.18. The molecule has 0 saturated carbocycles. The van der Waals surface area contributed by atoms with E-state index >= 15 is 0 Å². The maximum atomic E-state index is 10.9. The van der Waals surface area contributed by atoms with Crippen molar-refractivity contribution in [2.75, 3.05) is 11.5 Å². The summed E-state index contributed by atoms with van der Waals surface area (Å²) in [4.78, 5) is 24.5. The van der Waals surface area contributed by atoms with Crippen molar-refractivity contribution in [1.29, 1.82) is 0 Å². The van der Waals surface area contributed by atoms with Crippen LogP contribution in [0.2, 0.25) is 0 Å². The normalized spacial score (nSPS) is 10.5. The largest absolute Gasteiger partial charge is 0.382 e. The highest BCUT2D eigenvalue weighted by molar-refractivity contribution is 5.81. The van der Waals surface area contributed by atoms with Crippen molar-refractivity contribution in [2.24, 2.45) is 0 Å². The predicted molar refractivity (Wildman–Crippen MR) is 46.8 cm³/mol. The summed E-state index contributed by atoms with van der Waals surface area (Å²) in [6.07, 6.45) is 1.11. The molecule has 66 valence electrons. The van der Waals surface area contributed by atoms with Gasteiger partial charge in [-0.2, -0.15) is 9.97 Å². The zero-order valence-electron chi connectivity index (χ0n) is 6.48. The molecule has 0 unspecified atom stereocenters. The highest BCUT2D eigenvalue weighted by Gasteiger charge is 2.03. The average molecular weight is 178 g/mol. The van der Waals surface area contributed by atoms with Gasteiger partial charge in [0.25, 0.3) is 5.56 Å². The Balaban J connectivity index is 2.95. The molecule has 0 aliphatic rings. The van der Waals surface area contributed by atoms with Crippen molar-refractivity contribution in [2.45, 2.75) is 0 Å². The van der Waals surface area contributed by atoms with Crippen molar-refractivity contribution in [3.8, 4) is 0 Å². The Morgan fingerprint density at radius 1 is 1.31 bits per heavy atom. The first-order chi connectivity index (χ1) is 6.16. The lowest BCUT2D eigenvalue weighted by Gasteiger charge is -1.99. The van der Waals surface area contributed by atoms with Gasteiger partial charge in [-0.05, 0) is 0 Å². The van der Waals surface area contributed by atoms with Crippen LogP contribution in [0.4, 0.5) is 11.8 Å². The highest BCUT2D eigenvalue weighted by Crippen LogP contribution is 2.10. The fraction of sp³-hybridized carbons (Fsp3) is 0. The predicted octanol–water partition coefficient (Wildman–Crippen LogP) is -1.12. The molecule has 7 nitrogen and oxygen atoms in total. The fourth-order valence-electron chi connectivity index (χ4n) is 0.972. The number of nitrogens with two attached hydrogens (primary N) is 2. The van der Waals surface area contributed by atoms with E-state index in [0.717, 1.165) is 6.20 Å². The average Bonchev–Trinajstić information content (AvgIpc) is 2.06. The van der Waals surface area contributed by atoms with E-state index in [2.05, 4.69) is 19.9 Å². The molecular weight excluding hydrogens is 172 g/mol. The number of H-pyrrole nitrogens is 1. The van der Waals surface area contributed by atoms with Gasteiger partial charge >= 0.3 is 0 Å². The molecule has 0 amide bonds. The first-order valence-electron chi connectivity index (χ1n) is 3.45. The van der Waals surface area contributed by atoms with Gasteiger partial charge in [-0.3, -0.25) is 4.79 Å². The second-order valence-corrected chi connectivity index (χ2v) is 2.41. The molecule has 2 heterocycles. The summed E-state index contributed by atoms with van der Waals surface area (Å²) in [6.45, 7) is 0. The Labute approximate surface area is 71.8 Å². The van der Waals surface area contributed by atoms with Crippen LogP contribution in [0.15, 0.2) is 11.0 Å². The van der Waals surface area contributed by atoms with Gasteiger partial charge in [0.2, 0.25) is 5.95 Å². The number of hydrogen-bond acceptors (Lipinski definition) is 6. The van der Waals surface area contributed by atoms with E-state index in [-0.39, 0.29) is 23.0 Å². The smallest absolute Gasteiger partial charge is 0.267 e. The summed E-state index contributed by atoms with van der Waals surface area (Å²) in [5.41, 5.74) is 11.0. The Bertz CT molecular complexity index is 518. The lowest BCUT2D eigenvalue weighted by Crippen LogP contribution is -2.10. The summed E-state index contributed by atoms with van der Waals surface area (Å²) < 4.78 is 0. The molecule has 2 rings (SSSR count). The van der Waals surface area contributed by atoms with Crippen LogP contribution in [-0.4, -0.2) is 19.9 Å². The van der Waals surface area contributed by atoms with Gasteiger partial charge in [0.1, 0.15) is 5.52 Å². The van der Waals surface area contributed by atoms with Crippen molar-refractivity contribution in [1.82, 2.24) is 19.9 Å². The number of aromatic amines is 1. The maximum absolute atomic E-state index is 10.9. The van der Waals surface area contributed by atoms with E-state index < -0.39 is 0 Å². The van der Waals surface area contributed by atoms with Crippen LogP contribution in [0, 0.1) is 0 Å². The fourth-order valence-corrected chi connectivity index (χ4v) is 0.972. The summed E-state index contributed by atoms with van der Waals surface area (Å²) in [5.74, 6) is 0.150. The van der Waals surface area contributed by atoms with Crippen molar-refractivity contribution in [3.05, 3.63) is 16.6 Å².